The summed E-state index contributed by atoms with van der Waals surface area (Å²) in [6.07, 6.45) is -4.48. The van der Waals surface area contributed by atoms with Crippen LogP contribution in [0.3, 0.4) is 0 Å². The van der Waals surface area contributed by atoms with E-state index in [1.165, 1.54) is 24.3 Å². The van der Waals surface area contributed by atoms with Crippen LogP contribution in [0.4, 0.5) is 29.2 Å². The van der Waals surface area contributed by atoms with E-state index in [0.29, 0.717) is 5.56 Å². The highest BCUT2D eigenvalue weighted by atomic mass is 19.4. The van der Waals surface area contributed by atoms with Gasteiger partial charge in [-0.1, -0.05) is 12.1 Å². The number of aromatic nitrogens is 1. The molecule has 0 unspecified atom stereocenters. The van der Waals surface area contributed by atoms with Crippen molar-refractivity contribution in [3.05, 3.63) is 53.3 Å². The number of hydrogen-bond donors (Lipinski definition) is 2. The summed E-state index contributed by atoms with van der Waals surface area (Å²) in [5, 5.41) is 2.72. The minimum absolute atomic E-state index is 0.0154. The normalized spacial score (nSPS) is 11.4. The van der Waals surface area contributed by atoms with E-state index < -0.39 is 11.7 Å². The first-order valence-electron chi connectivity index (χ1n) is 5.67. The number of nitrogen functional groups attached to an aromatic ring is 1. The van der Waals surface area contributed by atoms with E-state index in [0.717, 1.165) is 12.1 Å². The molecule has 1 heterocycles. The molecule has 0 saturated heterocycles. The number of rotatable bonds is 3. The molecule has 0 amide bonds. The van der Waals surface area contributed by atoms with Crippen LogP contribution in [0, 0.1) is 5.82 Å². The van der Waals surface area contributed by atoms with Gasteiger partial charge in [0.25, 0.3) is 0 Å². The molecule has 0 radical (unpaired) electrons. The predicted octanol–water partition coefficient (Wildman–Crippen LogP) is 3.43. The molecule has 20 heavy (non-hydrogen) atoms. The van der Waals surface area contributed by atoms with Crippen LogP contribution in [0.5, 0.6) is 0 Å². The standard InChI is InChI=1S/C13H11F4N3/c14-10-3-1-8(2-4-10)7-19-12-6-9(13(15,16)17)5-11(18)20-12/h1-6H,7H2,(H3,18,19,20). The Kier molecular flexibility index (Phi) is 3.78. The SMILES string of the molecule is Nc1cc(C(F)(F)F)cc(NCc2ccc(F)cc2)n1. The number of benzene rings is 1. The van der Waals surface area contributed by atoms with Crippen molar-refractivity contribution < 1.29 is 17.6 Å². The molecular formula is C13H11F4N3. The van der Waals surface area contributed by atoms with Gasteiger partial charge in [0.1, 0.15) is 17.5 Å². The van der Waals surface area contributed by atoms with Crippen molar-refractivity contribution in [2.45, 2.75) is 12.7 Å². The highest BCUT2D eigenvalue weighted by molar-refractivity contribution is 5.47. The second-order valence-electron chi connectivity index (χ2n) is 4.14. The molecule has 0 aliphatic rings. The lowest BCUT2D eigenvalue weighted by molar-refractivity contribution is -0.137. The van der Waals surface area contributed by atoms with Crippen LogP contribution < -0.4 is 11.1 Å². The maximum atomic E-state index is 12.7. The Labute approximate surface area is 112 Å². The van der Waals surface area contributed by atoms with Crippen LogP contribution in [-0.2, 0) is 12.7 Å². The fraction of sp³-hybridized carbons (Fsp3) is 0.154. The predicted molar refractivity (Wildman–Crippen MR) is 67.4 cm³/mol. The molecule has 0 bridgehead atoms. The summed E-state index contributed by atoms with van der Waals surface area (Å²) in [5.41, 5.74) is 5.19. The smallest absolute Gasteiger partial charge is 0.384 e. The average molecular weight is 285 g/mol. The Balaban J connectivity index is 2.13. The Hall–Kier alpha value is -2.31. The number of nitrogens with two attached hydrogens (primary N) is 1. The van der Waals surface area contributed by atoms with Crippen molar-refractivity contribution in [1.82, 2.24) is 4.98 Å². The lowest BCUT2D eigenvalue weighted by Gasteiger charge is -2.11. The Morgan fingerprint density at radius 1 is 1.10 bits per heavy atom. The number of hydrogen-bond acceptors (Lipinski definition) is 3. The van der Waals surface area contributed by atoms with Crippen LogP contribution in [0.2, 0.25) is 0 Å². The third-order valence-electron chi connectivity index (χ3n) is 2.56. The zero-order valence-electron chi connectivity index (χ0n) is 10.2. The van der Waals surface area contributed by atoms with Gasteiger partial charge < -0.3 is 11.1 Å². The minimum Gasteiger partial charge on any atom is -0.384 e. The van der Waals surface area contributed by atoms with Crippen LogP contribution in [0.15, 0.2) is 36.4 Å². The fourth-order valence-corrected chi connectivity index (χ4v) is 1.60. The lowest BCUT2D eigenvalue weighted by Crippen LogP contribution is -2.09. The van der Waals surface area contributed by atoms with Crippen molar-refractivity contribution in [3.63, 3.8) is 0 Å². The molecule has 106 valence electrons. The van der Waals surface area contributed by atoms with E-state index >= 15 is 0 Å². The van der Waals surface area contributed by atoms with Crippen molar-refractivity contribution in [2.75, 3.05) is 11.1 Å². The molecule has 0 fully saturated rings. The lowest BCUT2D eigenvalue weighted by atomic mass is 10.2. The molecule has 0 spiro atoms. The summed E-state index contributed by atoms with van der Waals surface area (Å²) in [6, 6.07) is 7.23. The van der Waals surface area contributed by atoms with E-state index in [1.54, 1.807) is 0 Å². The van der Waals surface area contributed by atoms with Crippen molar-refractivity contribution in [1.29, 1.82) is 0 Å². The van der Waals surface area contributed by atoms with Crippen molar-refractivity contribution >= 4 is 11.6 Å². The van der Waals surface area contributed by atoms with Crippen LogP contribution in [0.1, 0.15) is 11.1 Å². The van der Waals surface area contributed by atoms with Crippen LogP contribution in [-0.4, -0.2) is 4.98 Å². The second kappa shape index (κ2) is 5.36. The van der Waals surface area contributed by atoms with Gasteiger partial charge in [-0.05, 0) is 29.8 Å². The van der Waals surface area contributed by atoms with E-state index in [1.807, 2.05) is 0 Å². The van der Waals surface area contributed by atoms with Crippen molar-refractivity contribution in [2.24, 2.45) is 0 Å². The van der Waals surface area contributed by atoms with Crippen molar-refractivity contribution in [3.8, 4) is 0 Å². The molecule has 1 aromatic carbocycles. The average Bonchev–Trinajstić information content (AvgIpc) is 2.36. The first kappa shape index (κ1) is 14.1. The molecule has 2 aromatic rings. The molecule has 0 saturated carbocycles. The maximum Gasteiger partial charge on any atom is 0.416 e. The molecular weight excluding hydrogens is 274 g/mol. The molecule has 3 nitrogen and oxygen atoms in total. The van der Waals surface area contributed by atoms with E-state index in [-0.39, 0.29) is 24.0 Å². The topological polar surface area (TPSA) is 50.9 Å². The van der Waals surface area contributed by atoms with Crippen LogP contribution in [0.25, 0.3) is 0 Å². The van der Waals surface area contributed by atoms with Gasteiger partial charge in [-0.25, -0.2) is 9.37 Å². The zero-order valence-corrected chi connectivity index (χ0v) is 10.2. The summed E-state index contributed by atoms with van der Waals surface area (Å²) >= 11 is 0. The molecule has 0 aliphatic heterocycles. The van der Waals surface area contributed by atoms with Gasteiger partial charge in [0.2, 0.25) is 0 Å². The third-order valence-corrected chi connectivity index (χ3v) is 2.56. The van der Waals surface area contributed by atoms with Gasteiger partial charge in [0.05, 0.1) is 5.56 Å². The first-order chi connectivity index (χ1) is 9.34. The summed E-state index contributed by atoms with van der Waals surface area (Å²) in [5.74, 6) is -0.585. The molecule has 3 N–H and O–H groups in total. The zero-order chi connectivity index (χ0) is 14.8. The molecule has 2 rings (SSSR count). The monoisotopic (exact) mass is 285 g/mol. The summed E-state index contributed by atoms with van der Waals surface area (Å²) in [4.78, 5) is 3.77. The number of nitrogens with one attached hydrogen (secondary N) is 1. The van der Waals surface area contributed by atoms with Gasteiger partial charge in [-0.15, -0.1) is 0 Å². The molecule has 7 heteroatoms. The number of anilines is 2. The molecule has 0 aliphatic carbocycles. The molecule has 0 atom stereocenters. The van der Waals surface area contributed by atoms with Gasteiger partial charge in [0, 0.05) is 6.54 Å². The maximum absolute atomic E-state index is 12.7. The molecule has 1 aromatic heterocycles. The van der Waals surface area contributed by atoms with Gasteiger partial charge >= 0.3 is 6.18 Å². The van der Waals surface area contributed by atoms with E-state index in [9.17, 15) is 17.6 Å². The highest BCUT2D eigenvalue weighted by Crippen LogP contribution is 2.31. The fourth-order valence-electron chi connectivity index (χ4n) is 1.60. The first-order valence-corrected chi connectivity index (χ1v) is 5.67. The Bertz CT molecular complexity index is 594. The summed E-state index contributed by atoms with van der Waals surface area (Å²) in [6.45, 7) is 0.216. The van der Waals surface area contributed by atoms with E-state index in [4.69, 9.17) is 5.73 Å². The van der Waals surface area contributed by atoms with Crippen LogP contribution >= 0.6 is 0 Å². The number of alkyl halides is 3. The number of halogens is 4. The van der Waals surface area contributed by atoms with E-state index in [2.05, 4.69) is 10.3 Å². The largest absolute Gasteiger partial charge is 0.416 e. The van der Waals surface area contributed by atoms with Gasteiger partial charge in [0.15, 0.2) is 0 Å². The Morgan fingerprint density at radius 2 is 1.75 bits per heavy atom. The van der Waals surface area contributed by atoms with Gasteiger partial charge in [-0.2, -0.15) is 13.2 Å². The Morgan fingerprint density at radius 3 is 2.35 bits per heavy atom. The number of pyridine rings is 1. The summed E-state index contributed by atoms with van der Waals surface area (Å²) in [7, 11) is 0. The minimum atomic E-state index is -4.48. The quantitative estimate of drug-likeness (QED) is 0.849. The highest BCUT2D eigenvalue weighted by Gasteiger charge is 2.31. The third kappa shape index (κ3) is 3.59. The second-order valence-corrected chi connectivity index (χ2v) is 4.14. The van der Waals surface area contributed by atoms with Gasteiger partial charge in [-0.3, -0.25) is 0 Å². The summed E-state index contributed by atoms with van der Waals surface area (Å²) < 4.78 is 50.5. The number of nitrogens with zero attached hydrogens (tertiary/aromatic N) is 1.